The number of aliphatic hydroxyl groups excluding tert-OH is 1. The van der Waals surface area contributed by atoms with Crippen LogP contribution in [0, 0.1) is 11.8 Å². The molecule has 0 saturated carbocycles. The fourth-order valence-corrected chi connectivity index (χ4v) is 4.13. The molecule has 1 aliphatic heterocycles. The van der Waals surface area contributed by atoms with Gasteiger partial charge in [-0.2, -0.15) is 0 Å². The molecule has 2 amide bonds. The van der Waals surface area contributed by atoms with E-state index in [1.54, 1.807) is 7.11 Å². The highest BCUT2D eigenvalue weighted by atomic mass is 16.5. The number of amides is 2. The summed E-state index contributed by atoms with van der Waals surface area (Å²) in [4.78, 5) is 30.5. The SMILES string of the molecule is CC[C@H](C)[C@H](NC(=O)[C@H]1CCCCN1C)C(=O)N(CCOC)[C@H](CCO)C(C)C. The van der Waals surface area contributed by atoms with Crippen LogP contribution in [0.5, 0.6) is 0 Å². The molecule has 1 heterocycles. The molecule has 0 spiro atoms. The van der Waals surface area contributed by atoms with Gasteiger partial charge < -0.3 is 20.1 Å². The summed E-state index contributed by atoms with van der Waals surface area (Å²) in [5.74, 6) is 0.0872. The van der Waals surface area contributed by atoms with E-state index in [-0.39, 0.29) is 42.3 Å². The summed E-state index contributed by atoms with van der Waals surface area (Å²) < 4.78 is 5.24. The molecule has 0 aromatic heterocycles. The van der Waals surface area contributed by atoms with E-state index < -0.39 is 6.04 Å². The lowest BCUT2D eigenvalue weighted by molar-refractivity contribution is -0.143. The summed E-state index contributed by atoms with van der Waals surface area (Å²) >= 11 is 0. The molecule has 0 radical (unpaired) electrons. The Bertz CT molecular complexity index is 500. The lowest BCUT2D eigenvalue weighted by Gasteiger charge is -2.39. The summed E-state index contributed by atoms with van der Waals surface area (Å²) in [5, 5.41) is 12.6. The van der Waals surface area contributed by atoms with Gasteiger partial charge >= 0.3 is 0 Å². The van der Waals surface area contributed by atoms with E-state index in [0.717, 1.165) is 32.2 Å². The predicted molar refractivity (Wildman–Crippen MR) is 116 cm³/mol. The fraction of sp³-hybridized carbons (Fsp3) is 0.909. The largest absolute Gasteiger partial charge is 0.396 e. The molecule has 29 heavy (non-hydrogen) atoms. The van der Waals surface area contributed by atoms with Crippen molar-refractivity contribution in [2.24, 2.45) is 11.8 Å². The second-order valence-electron chi connectivity index (χ2n) is 8.71. The number of aliphatic hydroxyl groups is 1. The summed E-state index contributed by atoms with van der Waals surface area (Å²) in [6.45, 7) is 9.97. The van der Waals surface area contributed by atoms with Crippen LogP contribution >= 0.6 is 0 Å². The Morgan fingerprint density at radius 1 is 1.28 bits per heavy atom. The van der Waals surface area contributed by atoms with Gasteiger partial charge in [0, 0.05) is 26.3 Å². The highest BCUT2D eigenvalue weighted by Crippen LogP contribution is 2.21. The van der Waals surface area contributed by atoms with Gasteiger partial charge in [0.2, 0.25) is 11.8 Å². The zero-order chi connectivity index (χ0) is 22.0. The van der Waals surface area contributed by atoms with E-state index in [0.29, 0.717) is 19.6 Å². The second kappa shape index (κ2) is 13.2. The van der Waals surface area contributed by atoms with Crippen LogP contribution in [-0.2, 0) is 14.3 Å². The third kappa shape index (κ3) is 7.54. The maximum Gasteiger partial charge on any atom is 0.245 e. The van der Waals surface area contributed by atoms with Crippen LogP contribution in [0.25, 0.3) is 0 Å². The fourth-order valence-electron chi connectivity index (χ4n) is 4.13. The zero-order valence-corrected chi connectivity index (χ0v) is 19.3. The van der Waals surface area contributed by atoms with Gasteiger partial charge in [-0.3, -0.25) is 14.5 Å². The zero-order valence-electron chi connectivity index (χ0n) is 19.3. The van der Waals surface area contributed by atoms with Crippen molar-refractivity contribution in [1.29, 1.82) is 0 Å². The molecule has 170 valence electrons. The molecule has 2 N–H and O–H groups in total. The standard InChI is InChI=1S/C22H43N3O4/c1-7-17(4)20(23-21(27)19-10-8-9-12-24(19)5)22(28)25(13-15-29-6)18(11-14-26)16(2)3/h16-20,26H,7-15H2,1-6H3,(H,23,27)/t17-,18+,19+,20-/m0/s1. The number of ether oxygens (including phenoxy) is 1. The maximum atomic E-state index is 13.6. The number of hydrogen-bond acceptors (Lipinski definition) is 5. The molecule has 1 aliphatic rings. The quantitative estimate of drug-likeness (QED) is 0.511. The number of nitrogens with one attached hydrogen (secondary N) is 1. The first-order chi connectivity index (χ1) is 13.8. The molecular formula is C22H43N3O4. The summed E-state index contributed by atoms with van der Waals surface area (Å²) in [7, 11) is 3.59. The van der Waals surface area contributed by atoms with Crippen molar-refractivity contribution in [3.63, 3.8) is 0 Å². The highest BCUT2D eigenvalue weighted by molar-refractivity contribution is 5.90. The number of hydrogen-bond donors (Lipinski definition) is 2. The lowest BCUT2D eigenvalue weighted by Crippen LogP contribution is -2.59. The van der Waals surface area contributed by atoms with E-state index >= 15 is 0 Å². The molecule has 1 saturated heterocycles. The molecule has 1 fully saturated rings. The second-order valence-corrected chi connectivity index (χ2v) is 8.71. The van der Waals surface area contributed by atoms with Crippen LogP contribution in [-0.4, -0.2) is 85.3 Å². The Morgan fingerprint density at radius 2 is 1.97 bits per heavy atom. The third-order valence-corrected chi connectivity index (χ3v) is 6.26. The molecule has 0 unspecified atom stereocenters. The molecule has 4 atom stereocenters. The number of piperidine rings is 1. The third-order valence-electron chi connectivity index (χ3n) is 6.26. The van der Waals surface area contributed by atoms with Crippen molar-refractivity contribution >= 4 is 11.8 Å². The van der Waals surface area contributed by atoms with Gasteiger partial charge in [-0.1, -0.05) is 40.5 Å². The molecule has 0 aromatic rings. The molecule has 0 bridgehead atoms. The molecule has 7 heteroatoms. The number of carbonyl (C=O) groups is 2. The number of rotatable bonds is 12. The summed E-state index contributed by atoms with van der Waals surface area (Å²) in [6.07, 6.45) is 4.28. The van der Waals surface area contributed by atoms with Crippen molar-refractivity contribution < 1.29 is 19.4 Å². The van der Waals surface area contributed by atoms with Crippen LogP contribution < -0.4 is 5.32 Å². The Balaban J connectivity index is 3.07. The van der Waals surface area contributed by atoms with Crippen molar-refractivity contribution in [3.8, 4) is 0 Å². The number of likely N-dealkylation sites (tertiary alicyclic amines) is 1. The van der Waals surface area contributed by atoms with Crippen molar-refractivity contribution in [2.45, 2.75) is 77.9 Å². The summed E-state index contributed by atoms with van der Waals surface area (Å²) in [5.41, 5.74) is 0. The average Bonchev–Trinajstić information content (AvgIpc) is 2.70. The lowest BCUT2D eigenvalue weighted by atomic mass is 9.93. The predicted octanol–water partition coefficient (Wildman–Crippen LogP) is 1.88. The Morgan fingerprint density at radius 3 is 2.48 bits per heavy atom. The van der Waals surface area contributed by atoms with Crippen molar-refractivity contribution in [2.75, 3.05) is 40.5 Å². The minimum atomic E-state index is -0.570. The van der Waals surface area contributed by atoms with Gasteiger partial charge in [0.25, 0.3) is 0 Å². The molecule has 0 aromatic carbocycles. The van der Waals surface area contributed by atoms with Crippen LogP contribution in [0.2, 0.25) is 0 Å². The van der Waals surface area contributed by atoms with Gasteiger partial charge in [0.1, 0.15) is 6.04 Å². The van der Waals surface area contributed by atoms with E-state index in [1.807, 2.05) is 25.8 Å². The normalized spacial score (nSPS) is 20.9. The highest BCUT2D eigenvalue weighted by Gasteiger charge is 2.36. The molecule has 1 rings (SSSR count). The van der Waals surface area contributed by atoms with E-state index in [1.165, 1.54) is 0 Å². The first-order valence-electron chi connectivity index (χ1n) is 11.2. The molecule has 0 aliphatic carbocycles. The van der Waals surface area contributed by atoms with Gasteiger partial charge in [0.15, 0.2) is 0 Å². The number of likely N-dealkylation sites (N-methyl/N-ethyl adjacent to an activating group) is 1. The van der Waals surface area contributed by atoms with E-state index in [4.69, 9.17) is 4.74 Å². The van der Waals surface area contributed by atoms with Crippen LogP contribution in [0.3, 0.4) is 0 Å². The van der Waals surface area contributed by atoms with Crippen LogP contribution in [0.15, 0.2) is 0 Å². The maximum absolute atomic E-state index is 13.6. The minimum absolute atomic E-state index is 0.0207. The van der Waals surface area contributed by atoms with Crippen LogP contribution in [0.4, 0.5) is 0 Å². The Labute approximate surface area is 177 Å². The summed E-state index contributed by atoms with van der Waals surface area (Å²) in [6, 6.07) is -0.836. The van der Waals surface area contributed by atoms with Crippen molar-refractivity contribution in [1.82, 2.24) is 15.1 Å². The van der Waals surface area contributed by atoms with Crippen LogP contribution in [0.1, 0.15) is 59.8 Å². The topological polar surface area (TPSA) is 82.1 Å². The first-order valence-corrected chi connectivity index (χ1v) is 11.2. The van der Waals surface area contributed by atoms with Gasteiger partial charge in [-0.25, -0.2) is 0 Å². The monoisotopic (exact) mass is 413 g/mol. The van der Waals surface area contributed by atoms with Crippen molar-refractivity contribution in [3.05, 3.63) is 0 Å². The Kier molecular flexibility index (Phi) is 11.8. The first kappa shape index (κ1) is 25.9. The van der Waals surface area contributed by atoms with E-state index in [9.17, 15) is 14.7 Å². The molecular weight excluding hydrogens is 370 g/mol. The van der Waals surface area contributed by atoms with E-state index in [2.05, 4.69) is 24.1 Å². The van der Waals surface area contributed by atoms with Gasteiger partial charge in [0.05, 0.1) is 12.6 Å². The average molecular weight is 414 g/mol. The Hall–Kier alpha value is -1.18. The van der Waals surface area contributed by atoms with Gasteiger partial charge in [-0.05, 0) is 44.7 Å². The molecule has 7 nitrogen and oxygen atoms in total. The minimum Gasteiger partial charge on any atom is -0.396 e. The number of methoxy groups -OCH3 is 1. The number of carbonyl (C=O) groups excluding carboxylic acids is 2. The number of nitrogens with zero attached hydrogens (tertiary/aromatic N) is 2. The van der Waals surface area contributed by atoms with Gasteiger partial charge in [-0.15, -0.1) is 0 Å². The smallest absolute Gasteiger partial charge is 0.245 e.